The molecule has 0 unspecified atom stereocenters. The Morgan fingerprint density at radius 2 is 1.84 bits per heavy atom. The summed E-state index contributed by atoms with van der Waals surface area (Å²) in [7, 11) is 0. The van der Waals surface area contributed by atoms with Crippen molar-refractivity contribution < 1.29 is 4.79 Å². The maximum Gasteiger partial charge on any atom is 0.272 e. The standard InChI is InChI=1S/C14H10BrClN2O/c15-12-7-3-2-6-11(12)14(19)18-17-9-10-5-1-4-8-13(10)16/h1-9H,(H,18,19). The van der Waals surface area contributed by atoms with E-state index in [1.165, 1.54) is 6.21 Å². The maximum atomic E-state index is 11.9. The molecule has 0 saturated heterocycles. The summed E-state index contributed by atoms with van der Waals surface area (Å²) in [5, 5.41) is 4.47. The normalized spacial score (nSPS) is 10.6. The minimum Gasteiger partial charge on any atom is -0.267 e. The Bertz CT molecular complexity index is 628. The van der Waals surface area contributed by atoms with Crippen molar-refractivity contribution in [3.63, 3.8) is 0 Å². The molecule has 0 fully saturated rings. The van der Waals surface area contributed by atoms with Crippen LogP contribution in [0.1, 0.15) is 15.9 Å². The molecule has 2 aromatic rings. The summed E-state index contributed by atoms with van der Waals surface area (Å²) in [6.07, 6.45) is 1.51. The number of rotatable bonds is 3. The molecule has 96 valence electrons. The third-order valence-electron chi connectivity index (χ3n) is 2.39. The van der Waals surface area contributed by atoms with Crippen LogP contribution < -0.4 is 5.43 Å². The highest BCUT2D eigenvalue weighted by atomic mass is 79.9. The number of hydrazone groups is 1. The summed E-state index contributed by atoms with van der Waals surface area (Å²) in [5.74, 6) is -0.282. The third kappa shape index (κ3) is 3.66. The molecule has 0 bridgehead atoms. The summed E-state index contributed by atoms with van der Waals surface area (Å²) < 4.78 is 0.723. The first kappa shape index (κ1) is 13.8. The van der Waals surface area contributed by atoms with Gasteiger partial charge in [-0.25, -0.2) is 5.43 Å². The van der Waals surface area contributed by atoms with Crippen molar-refractivity contribution in [1.29, 1.82) is 0 Å². The van der Waals surface area contributed by atoms with E-state index in [0.717, 1.165) is 10.0 Å². The predicted octanol–water partition coefficient (Wildman–Crippen LogP) is 3.87. The lowest BCUT2D eigenvalue weighted by Crippen LogP contribution is -2.18. The van der Waals surface area contributed by atoms with Crippen molar-refractivity contribution >= 4 is 39.7 Å². The van der Waals surface area contributed by atoms with E-state index >= 15 is 0 Å². The van der Waals surface area contributed by atoms with E-state index in [1.807, 2.05) is 24.3 Å². The molecule has 0 radical (unpaired) electrons. The molecule has 0 saturated carbocycles. The topological polar surface area (TPSA) is 41.5 Å². The number of carbonyl (C=O) groups is 1. The van der Waals surface area contributed by atoms with Crippen molar-refractivity contribution in [1.82, 2.24) is 5.43 Å². The second-order valence-corrected chi connectivity index (χ2v) is 4.96. The van der Waals surface area contributed by atoms with Crippen LogP contribution in [0.3, 0.4) is 0 Å². The van der Waals surface area contributed by atoms with Crippen molar-refractivity contribution in [3.05, 3.63) is 69.2 Å². The zero-order chi connectivity index (χ0) is 13.7. The van der Waals surface area contributed by atoms with E-state index in [4.69, 9.17) is 11.6 Å². The Morgan fingerprint density at radius 3 is 2.58 bits per heavy atom. The molecule has 2 aromatic carbocycles. The van der Waals surface area contributed by atoms with Crippen LogP contribution in [0.2, 0.25) is 5.02 Å². The quantitative estimate of drug-likeness (QED) is 0.670. The SMILES string of the molecule is O=C(NN=Cc1ccccc1Cl)c1ccccc1Br. The van der Waals surface area contributed by atoms with Crippen molar-refractivity contribution in [2.45, 2.75) is 0 Å². The van der Waals surface area contributed by atoms with Gasteiger partial charge in [0.25, 0.3) is 5.91 Å². The first-order valence-electron chi connectivity index (χ1n) is 5.51. The van der Waals surface area contributed by atoms with Gasteiger partial charge >= 0.3 is 0 Å². The minimum absolute atomic E-state index is 0.282. The fourth-order valence-electron chi connectivity index (χ4n) is 1.45. The van der Waals surface area contributed by atoms with Gasteiger partial charge in [0, 0.05) is 15.1 Å². The fourth-order valence-corrected chi connectivity index (χ4v) is 2.10. The van der Waals surface area contributed by atoms with E-state index in [0.29, 0.717) is 10.6 Å². The molecule has 1 amide bonds. The zero-order valence-corrected chi connectivity index (χ0v) is 12.1. The smallest absolute Gasteiger partial charge is 0.267 e. The monoisotopic (exact) mass is 336 g/mol. The van der Waals surface area contributed by atoms with Gasteiger partial charge in [-0.2, -0.15) is 5.10 Å². The van der Waals surface area contributed by atoms with Crippen LogP contribution >= 0.6 is 27.5 Å². The number of halogens is 2. The third-order valence-corrected chi connectivity index (χ3v) is 3.43. The molecular formula is C14H10BrClN2O. The Morgan fingerprint density at radius 1 is 1.16 bits per heavy atom. The number of hydrogen-bond acceptors (Lipinski definition) is 2. The molecule has 0 aromatic heterocycles. The summed E-state index contributed by atoms with van der Waals surface area (Å²) >= 11 is 9.28. The lowest BCUT2D eigenvalue weighted by atomic mass is 10.2. The van der Waals surface area contributed by atoms with Crippen molar-refractivity contribution in [2.24, 2.45) is 5.10 Å². The van der Waals surface area contributed by atoms with Crippen LogP contribution in [0.4, 0.5) is 0 Å². The Hall–Kier alpha value is -1.65. The molecule has 1 N–H and O–H groups in total. The highest BCUT2D eigenvalue weighted by Gasteiger charge is 2.07. The molecule has 0 aliphatic carbocycles. The van der Waals surface area contributed by atoms with Crippen LogP contribution in [0.25, 0.3) is 0 Å². The highest BCUT2D eigenvalue weighted by Crippen LogP contribution is 2.15. The molecule has 5 heteroatoms. The van der Waals surface area contributed by atoms with Crippen LogP contribution in [0.15, 0.2) is 58.1 Å². The number of carbonyl (C=O) groups excluding carboxylic acids is 1. The van der Waals surface area contributed by atoms with E-state index < -0.39 is 0 Å². The fraction of sp³-hybridized carbons (Fsp3) is 0. The minimum atomic E-state index is -0.282. The Balaban J connectivity index is 2.06. The van der Waals surface area contributed by atoms with Gasteiger partial charge in [0.15, 0.2) is 0 Å². The van der Waals surface area contributed by atoms with E-state index in [-0.39, 0.29) is 5.91 Å². The molecular weight excluding hydrogens is 328 g/mol. The summed E-state index contributed by atoms with van der Waals surface area (Å²) in [6, 6.07) is 14.4. The zero-order valence-electron chi connectivity index (χ0n) is 9.81. The number of hydrogen-bond donors (Lipinski definition) is 1. The molecule has 0 aliphatic rings. The molecule has 0 atom stereocenters. The molecule has 19 heavy (non-hydrogen) atoms. The number of nitrogens with one attached hydrogen (secondary N) is 1. The average Bonchev–Trinajstić information content (AvgIpc) is 2.41. The van der Waals surface area contributed by atoms with Crippen LogP contribution in [-0.2, 0) is 0 Å². The van der Waals surface area contributed by atoms with Gasteiger partial charge < -0.3 is 0 Å². The van der Waals surface area contributed by atoms with Gasteiger partial charge in [-0.05, 0) is 34.1 Å². The van der Waals surface area contributed by atoms with Crippen LogP contribution in [-0.4, -0.2) is 12.1 Å². The summed E-state index contributed by atoms with van der Waals surface area (Å²) in [4.78, 5) is 11.9. The van der Waals surface area contributed by atoms with Crippen LogP contribution in [0, 0.1) is 0 Å². The van der Waals surface area contributed by atoms with Gasteiger partial charge in [-0.1, -0.05) is 41.9 Å². The van der Waals surface area contributed by atoms with Gasteiger partial charge in [-0.3, -0.25) is 4.79 Å². The maximum absolute atomic E-state index is 11.9. The second-order valence-electron chi connectivity index (χ2n) is 3.70. The molecule has 3 nitrogen and oxygen atoms in total. The Kier molecular flexibility index (Phi) is 4.71. The van der Waals surface area contributed by atoms with Gasteiger partial charge in [-0.15, -0.1) is 0 Å². The molecule has 0 aliphatic heterocycles. The lowest BCUT2D eigenvalue weighted by molar-refractivity contribution is 0.0954. The second kappa shape index (κ2) is 6.50. The number of amides is 1. The average molecular weight is 338 g/mol. The molecule has 0 heterocycles. The predicted molar refractivity (Wildman–Crippen MR) is 80.7 cm³/mol. The van der Waals surface area contributed by atoms with Gasteiger partial charge in [0.1, 0.15) is 0 Å². The lowest BCUT2D eigenvalue weighted by Gasteiger charge is -2.02. The van der Waals surface area contributed by atoms with Crippen LogP contribution in [0.5, 0.6) is 0 Å². The Labute approximate surface area is 124 Å². The van der Waals surface area contributed by atoms with E-state index in [1.54, 1.807) is 24.3 Å². The molecule has 2 rings (SSSR count). The van der Waals surface area contributed by atoms with E-state index in [2.05, 4.69) is 26.5 Å². The van der Waals surface area contributed by atoms with Gasteiger partial charge in [0.2, 0.25) is 0 Å². The van der Waals surface area contributed by atoms with Crippen molar-refractivity contribution in [2.75, 3.05) is 0 Å². The highest BCUT2D eigenvalue weighted by molar-refractivity contribution is 9.10. The van der Waals surface area contributed by atoms with E-state index in [9.17, 15) is 4.79 Å². The summed E-state index contributed by atoms with van der Waals surface area (Å²) in [6.45, 7) is 0. The van der Waals surface area contributed by atoms with Crippen molar-refractivity contribution in [3.8, 4) is 0 Å². The van der Waals surface area contributed by atoms with Gasteiger partial charge in [0.05, 0.1) is 11.8 Å². The number of benzene rings is 2. The largest absolute Gasteiger partial charge is 0.272 e. The first-order valence-corrected chi connectivity index (χ1v) is 6.68. The molecule has 0 spiro atoms. The number of nitrogens with zero attached hydrogens (tertiary/aromatic N) is 1. The summed E-state index contributed by atoms with van der Waals surface area (Å²) in [5.41, 5.74) is 3.73. The first-order chi connectivity index (χ1) is 9.18.